The van der Waals surface area contributed by atoms with E-state index in [0.717, 1.165) is 44.5 Å². The molecule has 0 atom stereocenters. The predicted octanol–water partition coefficient (Wildman–Crippen LogP) is 0.642. The zero-order valence-corrected chi connectivity index (χ0v) is 17.0. The highest BCUT2D eigenvalue weighted by atomic mass is 32.2. The third-order valence-electron chi connectivity index (χ3n) is 5.17. The molecule has 1 aliphatic heterocycles. The topological polar surface area (TPSA) is 115 Å². The molecule has 156 valence electrons. The number of fused-ring (bicyclic) bond motifs is 1. The number of nitrogens with one attached hydrogen (secondary N) is 2. The third-order valence-corrected chi connectivity index (χ3v) is 6.69. The van der Waals surface area contributed by atoms with Gasteiger partial charge in [-0.15, -0.1) is 0 Å². The standard InChI is InChI=1S/C19H25N5O4S/c25-18(14-5-3-6-16(13-14)29(27,28)22-15-8-9-15)20-10-4-12-24-19(26)23-11-2-1-7-17(23)21-24/h3,5-6,13,15,22H,1-2,4,7-12H2,(H,20,25). The number of hydrogen-bond donors (Lipinski definition) is 2. The minimum Gasteiger partial charge on any atom is -0.352 e. The number of amides is 1. The van der Waals surface area contributed by atoms with Crippen LogP contribution in [0.4, 0.5) is 0 Å². The largest absolute Gasteiger partial charge is 0.352 e. The second-order valence-corrected chi connectivity index (χ2v) is 9.28. The first-order valence-electron chi connectivity index (χ1n) is 10.0. The van der Waals surface area contributed by atoms with Crippen molar-refractivity contribution < 1.29 is 13.2 Å². The number of carbonyl (C=O) groups excluding carboxylic acids is 1. The Kier molecular flexibility index (Phi) is 5.55. The Bertz CT molecular complexity index is 1070. The van der Waals surface area contributed by atoms with Crippen molar-refractivity contribution in [2.75, 3.05) is 6.54 Å². The lowest BCUT2D eigenvalue weighted by atomic mass is 10.2. The van der Waals surface area contributed by atoms with Gasteiger partial charge in [-0.1, -0.05) is 6.07 Å². The van der Waals surface area contributed by atoms with E-state index in [2.05, 4.69) is 15.1 Å². The van der Waals surface area contributed by atoms with Crippen LogP contribution in [-0.2, 0) is 29.5 Å². The van der Waals surface area contributed by atoms with E-state index in [0.29, 0.717) is 25.1 Å². The first kappa shape index (κ1) is 19.8. The van der Waals surface area contributed by atoms with Crippen molar-refractivity contribution in [3.8, 4) is 0 Å². The van der Waals surface area contributed by atoms with E-state index in [4.69, 9.17) is 0 Å². The smallest absolute Gasteiger partial charge is 0.345 e. The Morgan fingerprint density at radius 2 is 2.07 bits per heavy atom. The number of sulfonamides is 1. The van der Waals surface area contributed by atoms with E-state index in [1.54, 1.807) is 16.7 Å². The fourth-order valence-electron chi connectivity index (χ4n) is 3.42. The molecule has 9 nitrogen and oxygen atoms in total. The molecule has 1 saturated carbocycles. The summed E-state index contributed by atoms with van der Waals surface area (Å²) in [5.41, 5.74) is 0.199. The van der Waals surface area contributed by atoms with Gasteiger partial charge in [0.2, 0.25) is 10.0 Å². The van der Waals surface area contributed by atoms with Crippen LogP contribution in [0.2, 0.25) is 0 Å². The van der Waals surface area contributed by atoms with E-state index in [9.17, 15) is 18.0 Å². The van der Waals surface area contributed by atoms with Gasteiger partial charge in [0.25, 0.3) is 5.91 Å². The summed E-state index contributed by atoms with van der Waals surface area (Å²) in [7, 11) is -3.60. The van der Waals surface area contributed by atoms with E-state index in [1.165, 1.54) is 16.8 Å². The lowest BCUT2D eigenvalue weighted by molar-refractivity contribution is 0.0952. The number of aryl methyl sites for hydroxylation is 2. The van der Waals surface area contributed by atoms with Crippen molar-refractivity contribution in [3.05, 3.63) is 46.1 Å². The van der Waals surface area contributed by atoms with Crippen LogP contribution < -0.4 is 15.7 Å². The average molecular weight is 420 g/mol. The third kappa shape index (κ3) is 4.59. The summed E-state index contributed by atoms with van der Waals surface area (Å²) in [5.74, 6) is 0.494. The maximum atomic E-state index is 12.4. The molecule has 29 heavy (non-hydrogen) atoms. The summed E-state index contributed by atoms with van der Waals surface area (Å²) in [6.45, 7) is 1.52. The normalized spacial score (nSPS) is 16.4. The molecule has 2 aliphatic rings. The van der Waals surface area contributed by atoms with E-state index >= 15 is 0 Å². The van der Waals surface area contributed by atoms with Crippen molar-refractivity contribution >= 4 is 15.9 Å². The molecule has 2 aromatic rings. The second-order valence-electron chi connectivity index (χ2n) is 7.56. The van der Waals surface area contributed by atoms with E-state index in [1.807, 2.05) is 0 Å². The van der Waals surface area contributed by atoms with Gasteiger partial charge in [0.15, 0.2) is 0 Å². The Balaban J connectivity index is 1.32. The molecule has 1 aromatic heterocycles. The van der Waals surface area contributed by atoms with Gasteiger partial charge in [0, 0.05) is 37.7 Å². The molecular weight excluding hydrogens is 394 g/mol. The highest BCUT2D eigenvalue weighted by Gasteiger charge is 2.28. The first-order chi connectivity index (χ1) is 13.9. The van der Waals surface area contributed by atoms with Crippen molar-refractivity contribution in [1.29, 1.82) is 0 Å². The summed E-state index contributed by atoms with van der Waals surface area (Å²) in [6.07, 6.45) is 5.14. The van der Waals surface area contributed by atoms with Gasteiger partial charge in [0.05, 0.1) is 4.90 Å². The molecule has 10 heteroatoms. The number of aromatic nitrogens is 3. The van der Waals surface area contributed by atoms with Crippen LogP contribution in [0.15, 0.2) is 34.0 Å². The molecule has 4 rings (SSSR count). The summed E-state index contributed by atoms with van der Waals surface area (Å²) in [4.78, 5) is 24.8. The highest BCUT2D eigenvalue weighted by molar-refractivity contribution is 7.89. The van der Waals surface area contributed by atoms with E-state index in [-0.39, 0.29) is 22.5 Å². The van der Waals surface area contributed by atoms with Crippen LogP contribution in [0, 0.1) is 0 Å². The van der Waals surface area contributed by atoms with Gasteiger partial charge in [-0.3, -0.25) is 9.36 Å². The summed E-state index contributed by atoms with van der Waals surface area (Å²) in [5, 5.41) is 7.15. The number of hydrogen-bond acceptors (Lipinski definition) is 5. The quantitative estimate of drug-likeness (QED) is 0.610. The lowest BCUT2D eigenvalue weighted by Gasteiger charge is -2.09. The zero-order valence-electron chi connectivity index (χ0n) is 16.1. The van der Waals surface area contributed by atoms with Gasteiger partial charge in [-0.25, -0.2) is 22.6 Å². The summed E-state index contributed by atoms with van der Waals surface area (Å²) >= 11 is 0. The SMILES string of the molecule is O=C(NCCCn1nc2n(c1=O)CCCC2)c1cccc(S(=O)(=O)NC2CC2)c1. The fraction of sp³-hybridized carbons (Fsp3) is 0.526. The first-order valence-corrected chi connectivity index (χ1v) is 11.5. The lowest BCUT2D eigenvalue weighted by Crippen LogP contribution is -2.29. The van der Waals surface area contributed by atoms with Crippen molar-refractivity contribution in [2.24, 2.45) is 0 Å². The molecule has 0 spiro atoms. The molecule has 0 radical (unpaired) electrons. The summed E-state index contributed by atoms with van der Waals surface area (Å²) < 4.78 is 30.4. The minimum absolute atomic E-state index is 0.00881. The molecule has 2 heterocycles. The molecule has 2 N–H and O–H groups in total. The van der Waals surface area contributed by atoms with Crippen LogP contribution in [0.3, 0.4) is 0 Å². The number of rotatable bonds is 8. The minimum atomic E-state index is -3.60. The number of nitrogens with zero attached hydrogens (tertiary/aromatic N) is 3. The Labute approximate surface area is 169 Å². The van der Waals surface area contributed by atoms with Gasteiger partial charge >= 0.3 is 5.69 Å². The van der Waals surface area contributed by atoms with Crippen molar-refractivity contribution in [3.63, 3.8) is 0 Å². The number of carbonyl (C=O) groups is 1. The van der Waals surface area contributed by atoms with Gasteiger partial charge in [-0.05, 0) is 50.3 Å². The maximum absolute atomic E-state index is 12.4. The van der Waals surface area contributed by atoms with Gasteiger partial charge < -0.3 is 5.32 Å². The second kappa shape index (κ2) is 8.11. The maximum Gasteiger partial charge on any atom is 0.345 e. The van der Waals surface area contributed by atoms with Gasteiger partial charge in [0.1, 0.15) is 5.82 Å². The van der Waals surface area contributed by atoms with Gasteiger partial charge in [-0.2, -0.15) is 5.10 Å². The predicted molar refractivity (Wildman–Crippen MR) is 106 cm³/mol. The fourth-order valence-corrected chi connectivity index (χ4v) is 4.77. The highest BCUT2D eigenvalue weighted by Crippen LogP contribution is 2.22. The van der Waals surface area contributed by atoms with Crippen LogP contribution in [-0.4, -0.2) is 41.3 Å². The van der Waals surface area contributed by atoms with Crippen molar-refractivity contribution in [2.45, 2.75) is 62.6 Å². The Hall–Kier alpha value is -2.46. The average Bonchev–Trinajstić information content (AvgIpc) is 3.47. The molecular formula is C19H25N5O4S. The Morgan fingerprint density at radius 3 is 2.83 bits per heavy atom. The zero-order chi connectivity index (χ0) is 20.4. The van der Waals surface area contributed by atoms with Crippen LogP contribution >= 0.6 is 0 Å². The summed E-state index contributed by atoms with van der Waals surface area (Å²) in [6, 6.07) is 6.02. The van der Waals surface area contributed by atoms with Crippen LogP contribution in [0.5, 0.6) is 0 Å². The van der Waals surface area contributed by atoms with E-state index < -0.39 is 10.0 Å². The molecule has 1 amide bonds. The molecule has 1 aliphatic carbocycles. The monoisotopic (exact) mass is 419 g/mol. The van der Waals surface area contributed by atoms with Crippen LogP contribution in [0.25, 0.3) is 0 Å². The Morgan fingerprint density at radius 1 is 1.24 bits per heavy atom. The van der Waals surface area contributed by atoms with Crippen LogP contribution in [0.1, 0.15) is 48.3 Å². The molecule has 0 unspecified atom stereocenters. The molecule has 0 bridgehead atoms. The molecule has 1 fully saturated rings. The molecule has 0 saturated heterocycles. The van der Waals surface area contributed by atoms with Crippen molar-refractivity contribution in [1.82, 2.24) is 24.4 Å². The number of benzene rings is 1. The molecule has 1 aromatic carbocycles.